The first-order valence-electron chi connectivity index (χ1n) is 10.5. The summed E-state index contributed by atoms with van der Waals surface area (Å²) in [5, 5.41) is 5.53. The number of amides is 4. The van der Waals surface area contributed by atoms with Crippen molar-refractivity contribution >= 4 is 23.8 Å². The van der Waals surface area contributed by atoms with Crippen LogP contribution in [0.15, 0.2) is 30.3 Å². The van der Waals surface area contributed by atoms with Crippen LogP contribution in [0.4, 0.5) is 4.79 Å². The number of rotatable bonds is 8. The summed E-state index contributed by atoms with van der Waals surface area (Å²) in [6.07, 6.45) is 2.73. The van der Waals surface area contributed by atoms with Crippen LogP contribution in [0, 0.1) is 0 Å². The average Bonchev–Trinajstić information content (AvgIpc) is 3.29. The highest BCUT2D eigenvalue weighted by Crippen LogP contribution is 2.34. The van der Waals surface area contributed by atoms with Crippen LogP contribution in [0.2, 0.25) is 0 Å². The van der Waals surface area contributed by atoms with Gasteiger partial charge in [0.25, 0.3) is 11.8 Å². The molecule has 2 fully saturated rings. The van der Waals surface area contributed by atoms with Crippen molar-refractivity contribution < 1.29 is 23.9 Å². The molecule has 8 nitrogen and oxygen atoms in total. The summed E-state index contributed by atoms with van der Waals surface area (Å²) < 4.78 is 5.17. The molecule has 0 radical (unpaired) electrons. The molecule has 8 heteroatoms. The Balaban J connectivity index is 1.48. The van der Waals surface area contributed by atoms with Crippen LogP contribution < -0.4 is 10.6 Å². The zero-order chi connectivity index (χ0) is 21.7. The van der Waals surface area contributed by atoms with Crippen LogP contribution in [0.3, 0.4) is 0 Å². The van der Waals surface area contributed by atoms with Gasteiger partial charge in [0.2, 0.25) is 0 Å². The lowest BCUT2D eigenvalue weighted by Gasteiger charge is -2.20. The summed E-state index contributed by atoms with van der Waals surface area (Å²) >= 11 is 0. The van der Waals surface area contributed by atoms with Crippen LogP contribution in [0.1, 0.15) is 57.4 Å². The number of ether oxygens (including phenoxy) is 1. The molecule has 1 saturated carbocycles. The largest absolute Gasteiger partial charge is 0.451 e. The van der Waals surface area contributed by atoms with Crippen LogP contribution in [-0.4, -0.2) is 53.4 Å². The molecule has 0 unspecified atom stereocenters. The smallest absolute Gasteiger partial charge is 0.327 e. The number of nitrogens with one attached hydrogen (secondary N) is 2. The highest BCUT2D eigenvalue weighted by molar-refractivity contribution is 6.08. The van der Waals surface area contributed by atoms with Crippen molar-refractivity contribution in [3.63, 3.8) is 0 Å². The summed E-state index contributed by atoms with van der Waals surface area (Å²) in [7, 11) is 0. The van der Waals surface area contributed by atoms with Gasteiger partial charge in [0, 0.05) is 12.5 Å². The molecule has 0 aromatic heterocycles. The second-order valence-electron chi connectivity index (χ2n) is 8.00. The molecule has 1 heterocycles. The third-order valence-corrected chi connectivity index (χ3v) is 5.95. The van der Waals surface area contributed by atoms with Gasteiger partial charge in [0.1, 0.15) is 12.1 Å². The van der Waals surface area contributed by atoms with E-state index in [0.717, 1.165) is 29.7 Å². The highest BCUT2D eigenvalue weighted by atomic mass is 16.5. The van der Waals surface area contributed by atoms with E-state index in [4.69, 9.17) is 4.74 Å². The maximum absolute atomic E-state index is 12.6. The first-order valence-corrected chi connectivity index (χ1v) is 10.5. The molecule has 2 atom stereocenters. The Morgan fingerprint density at radius 1 is 1.20 bits per heavy atom. The second-order valence-corrected chi connectivity index (χ2v) is 8.00. The standard InChI is InChI=1S/C22H29N3O5/c1-3-16(17-9-5-4-6-10-17)13-23-19(27)15(2)30-18(26)14-25-20(28)22(24-21(25)29)11-7-8-12-22/h4-6,9-10,15-16H,3,7-8,11-14H2,1-2H3,(H,23,27)(H,24,29)/t15-,16+/m0/s1. The Hall–Kier alpha value is -2.90. The lowest BCUT2D eigenvalue weighted by molar-refractivity contribution is -0.156. The Kier molecular flexibility index (Phi) is 6.74. The molecule has 4 amide bonds. The molecule has 2 N–H and O–H groups in total. The van der Waals surface area contributed by atoms with E-state index in [2.05, 4.69) is 10.6 Å². The number of imide groups is 1. The highest BCUT2D eigenvalue weighted by Gasteiger charge is 2.52. The zero-order valence-electron chi connectivity index (χ0n) is 17.5. The monoisotopic (exact) mass is 415 g/mol. The van der Waals surface area contributed by atoms with E-state index in [1.54, 1.807) is 0 Å². The molecule has 1 aromatic carbocycles. The minimum atomic E-state index is -1.02. The maximum Gasteiger partial charge on any atom is 0.327 e. The van der Waals surface area contributed by atoms with Gasteiger partial charge in [-0.05, 0) is 31.7 Å². The van der Waals surface area contributed by atoms with Crippen molar-refractivity contribution in [1.29, 1.82) is 0 Å². The van der Waals surface area contributed by atoms with E-state index in [-0.39, 0.29) is 11.8 Å². The van der Waals surface area contributed by atoms with Gasteiger partial charge in [0.15, 0.2) is 6.10 Å². The third kappa shape index (κ3) is 4.63. The number of hydrogen-bond acceptors (Lipinski definition) is 5. The van der Waals surface area contributed by atoms with Crippen molar-refractivity contribution in [2.45, 2.75) is 63.5 Å². The van der Waals surface area contributed by atoms with Crippen LogP contribution in [0.5, 0.6) is 0 Å². The molecule has 1 saturated heterocycles. The van der Waals surface area contributed by atoms with Gasteiger partial charge in [-0.25, -0.2) is 4.79 Å². The normalized spacial score (nSPS) is 19.5. The Morgan fingerprint density at radius 2 is 1.87 bits per heavy atom. The Bertz CT molecular complexity index is 804. The Morgan fingerprint density at radius 3 is 2.50 bits per heavy atom. The topological polar surface area (TPSA) is 105 Å². The molecule has 1 aliphatic heterocycles. The molecule has 1 aromatic rings. The van der Waals surface area contributed by atoms with Gasteiger partial charge in [-0.15, -0.1) is 0 Å². The fraction of sp³-hybridized carbons (Fsp3) is 0.545. The molecule has 1 spiro atoms. The first kappa shape index (κ1) is 21.8. The SMILES string of the molecule is CC[C@H](CNC(=O)[C@H](C)OC(=O)CN1C(=O)NC2(CCCC2)C1=O)c1ccccc1. The molecule has 30 heavy (non-hydrogen) atoms. The van der Waals surface area contributed by atoms with Crippen molar-refractivity contribution in [2.75, 3.05) is 13.1 Å². The quantitative estimate of drug-likeness (QED) is 0.500. The van der Waals surface area contributed by atoms with Crippen molar-refractivity contribution in [1.82, 2.24) is 15.5 Å². The van der Waals surface area contributed by atoms with Gasteiger partial charge >= 0.3 is 12.0 Å². The fourth-order valence-electron chi connectivity index (χ4n) is 4.14. The number of benzene rings is 1. The van der Waals surface area contributed by atoms with E-state index >= 15 is 0 Å². The summed E-state index contributed by atoms with van der Waals surface area (Å²) in [5.41, 5.74) is 0.261. The van der Waals surface area contributed by atoms with E-state index in [1.807, 2.05) is 37.3 Å². The van der Waals surface area contributed by atoms with E-state index in [1.165, 1.54) is 6.92 Å². The van der Waals surface area contributed by atoms with Crippen molar-refractivity contribution in [3.05, 3.63) is 35.9 Å². The van der Waals surface area contributed by atoms with E-state index < -0.39 is 36.1 Å². The van der Waals surface area contributed by atoms with Gasteiger partial charge in [-0.1, -0.05) is 50.1 Å². The zero-order valence-corrected chi connectivity index (χ0v) is 17.5. The molecular formula is C22H29N3O5. The summed E-state index contributed by atoms with van der Waals surface area (Å²) in [5.74, 6) is -1.42. The maximum atomic E-state index is 12.6. The minimum Gasteiger partial charge on any atom is -0.451 e. The predicted octanol–water partition coefficient (Wildman–Crippen LogP) is 2.09. The number of carbonyl (C=O) groups is 4. The summed E-state index contributed by atoms with van der Waals surface area (Å²) in [6, 6.07) is 9.30. The lowest BCUT2D eigenvalue weighted by atomic mass is 9.96. The molecule has 162 valence electrons. The second kappa shape index (κ2) is 9.28. The van der Waals surface area contributed by atoms with Crippen molar-refractivity contribution in [3.8, 4) is 0 Å². The number of esters is 1. The molecule has 3 rings (SSSR count). The molecular weight excluding hydrogens is 386 g/mol. The number of carbonyl (C=O) groups excluding carboxylic acids is 4. The van der Waals surface area contributed by atoms with Gasteiger partial charge in [0.05, 0.1) is 0 Å². The Labute approximate surface area is 176 Å². The van der Waals surface area contributed by atoms with E-state index in [0.29, 0.717) is 19.4 Å². The number of nitrogens with zero attached hydrogens (tertiary/aromatic N) is 1. The molecule has 1 aliphatic carbocycles. The fourth-order valence-corrected chi connectivity index (χ4v) is 4.14. The van der Waals surface area contributed by atoms with E-state index in [9.17, 15) is 19.2 Å². The average molecular weight is 415 g/mol. The predicted molar refractivity (Wildman–Crippen MR) is 109 cm³/mol. The lowest BCUT2D eigenvalue weighted by Crippen LogP contribution is -2.45. The summed E-state index contributed by atoms with van der Waals surface area (Å²) in [4.78, 5) is 50.2. The van der Waals surface area contributed by atoms with Crippen LogP contribution in [0.25, 0.3) is 0 Å². The van der Waals surface area contributed by atoms with Crippen LogP contribution in [-0.2, 0) is 19.1 Å². The van der Waals surface area contributed by atoms with Crippen molar-refractivity contribution in [2.24, 2.45) is 0 Å². The van der Waals surface area contributed by atoms with Crippen LogP contribution >= 0.6 is 0 Å². The van der Waals surface area contributed by atoms with Gasteiger partial charge in [-0.3, -0.25) is 19.3 Å². The third-order valence-electron chi connectivity index (χ3n) is 5.95. The minimum absolute atomic E-state index is 0.159. The number of urea groups is 1. The molecule has 0 bridgehead atoms. The van der Waals surface area contributed by atoms with Gasteiger partial charge in [-0.2, -0.15) is 0 Å². The first-order chi connectivity index (χ1) is 14.4. The number of hydrogen-bond donors (Lipinski definition) is 2. The molecule has 2 aliphatic rings. The summed E-state index contributed by atoms with van der Waals surface area (Å²) in [6.45, 7) is 3.45. The van der Waals surface area contributed by atoms with Gasteiger partial charge < -0.3 is 15.4 Å².